The summed E-state index contributed by atoms with van der Waals surface area (Å²) in [6.07, 6.45) is 4.52. The van der Waals surface area contributed by atoms with Crippen molar-refractivity contribution in [3.8, 4) is 28.3 Å². The van der Waals surface area contributed by atoms with Gasteiger partial charge >= 0.3 is 0 Å². The van der Waals surface area contributed by atoms with Crippen LogP contribution in [0, 0.1) is 11.3 Å². The number of nitriles is 1. The Morgan fingerprint density at radius 2 is 1.03 bits per heavy atom. The summed E-state index contributed by atoms with van der Waals surface area (Å²) in [4.78, 5) is 0. The highest BCUT2D eigenvalue weighted by Crippen LogP contribution is 2.58. The lowest BCUT2D eigenvalue weighted by molar-refractivity contribution is 0.766. The molecule has 0 saturated heterocycles. The number of rotatable bonds is 1. The zero-order valence-electron chi connectivity index (χ0n) is 19.1. The van der Waals surface area contributed by atoms with E-state index in [0.717, 1.165) is 11.1 Å². The minimum absolute atomic E-state index is 0.411. The predicted molar refractivity (Wildman–Crippen MR) is 143 cm³/mol. The summed E-state index contributed by atoms with van der Waals surface area (Å²) >= 11 is 0. The Kier molecular flexibility index (Phi) is 4.19. The summed E-state index contributed by atoms with van der Waals surface area (Å²) in [5.41, 5.74) is 12.9. The smallest absolute Gasteiger partial charge is 0.0991 e. The van der Waals surface area contributed by atoms with E-state index < -0.39 is 5.41 Å². The molecule has 0 aromatic heterocycles. The molecule has 0 amide bonds. The van der Waals surface area contributed by atoms with E-state index in [1.165, 1.54) is 44.5 Å². The van der Waals surface area contributed by atoms with Crippen molar-refractivity contribution >= 4 is 12.2 Å². The molecule has 2 aliphatic rings. The maximum Gasteiger partial charge on any atom is 0.0991 e. The van der Waals surface area contributed by atoms with Crippen LogP contribution in [0.2, 0.25) is 0 Å². The fourth-order valence-corrected chi connectivity index (χ4v) is 6.07. The maximum absolute atomic E-state index is 9.25. The van der Waals surface area contributed by atoms with Gasteiger partial charge in [0, 0.05) is 0 Å². The first-order valence-corrected chi connectivity index (χ1v) is 11.9. The van der Waals surface area contributed by atoms with Crippen LogP contribution >= 0.6 is 0 Å². The van der Waals surface area contributed by atoms with Gasteiger partial charge in [0.15, 0.2) is 0 Å². The first-order chi connectivity index (χ1) is 17.3. The quantitative estimate of drug-likeness (QED) is 0.252. The molecule has 1 heteroatoms. The van der Waals surface area contributed by atoms with Gasteiger partial charge in [-0.1, -0.05) is 109 Å². The standard InChI is InChI=1S/C34H21N/c35-22-23-13-15-24(16-14-23)27-20-19-26-18-17-25-7-1-4-10-30(25)34(33(26)21-27)31-11-5-2-8-28(31)29-9-3-6-12-32(29)34/h1-21H. The molecular weight excluding hydrogens is 422 g/mol. The van der Waals surface area contributed by atoms with Crippen LogP contribution in [-0.4, -0.2) is 0 Å². The summed E-state index contributed by atoms with van der Waals surface area (Å²) in [5, 5.41) is 9.25. The molecule has 0 bridgehead atoms. The van der Waals surface area contributed by atoms with Gasteiger partial charge in [0.2, 0.25) is 0 Å². The molecule has 35 heavy (non-hydrogen) atoms. The monoisotopic (exact) mass is 443 g/mol. The number of nitrogens with zero attached hydrogens (tertiary/aromatic N) is 1. The molecule has 0 atom stereocenters. The van der Waals surface area contributed by atoms with Crippen LogP contribution in [-0.2, 0) is 5.41 Å². The van der Waals surface area contributed by atoms with Crippen molar-refractivity contribution in [3.63, 3.8) is 0 Å². The fraction of sp³-hybridized carbons (Fsp3) is 0.0294. The van der Waals surface area contributed by atoms with Gasteiger partial charge in [-0.2, -0.15) is 5.26 Å². The number of hydrogen-bond acceptors (Lipinski definition) is 1. The molecule has 0 fully saturated rings. The van der Waals surface area contributed by atoms with E-state index in [2.05, 4.69) is 109 Å². The Labute approximate surface area is 205 Å². The Balaban J connectivity index is 1.61. The van der Waals surface area contributed by atoms with Crippen molar-refractivity contribution in [1.82, 2.24) is 0 Å². The summed E-state index contributed by atoms with van der Waals surface area (Å²) in [6.45, 7) is 0. The van der Waals surface area contributed by atoms with E-state index in [9.17, 15) is 5.26 Å². The lowest BCUT2D eigenvalue weighted by Gasteiger charge is -2.35. The third-order valence-electron chi connectivity index (χ3n) is 7.56. The normalized spacial score (nSPS) is 13.8. The van der Waals surface area contributed by atoms with Gasteiger partial charge in [0.25, 0.3) is 0 Å². The molecule has 2 aliphatic carbocycles. The highest BCUT2D eigenvalue weighted by Gasteiger charge is 2.48. The molecule has 162 valence electrons. The van der Waals surface area contributed by atoms with Crippen LogP contribution in [0.5, 0.6) is 0 Å². The van der Waals surface area contributed by atoms with Crippen molar-refractivity contribution in [1.29, 1.82) is 5.26 Å². The zero-order chi connectivity index (χ0) is 23.4. The van der Waals surface area contributed by atoms with Gasteiger partial charge < -0.3 is 0 Å². The minimum atomic E-state index is -0.411. The lowest BCUT2D eigenvalue weighted by atomic mass is 9.65. The fourth-order valence-electron chi connectivity index (χ4n) is 6.07. The van der Waals surface area contributed by atoms with Crippen molar-refractivity contribution in [2.45, 2.75) is 5.41 Å². The van der Waals surface area contributed by atoms with E-state index >= 15 is 0 Å². The second-order valence-corrected chi connectivity index (χ2v) is 9.25. The molecule has 5 aromatic carbocycles. The second-order valence-electron chi connectivity index (χ2n) is 9.25. The van der Waals surface area contributed by atoms with Gasteiger partial charge in [-0.3, -0.25) is 0 Å². The van der Waals surface area contributed by atoms with Crippen LogP contribution in [0.15, 0.2) is 115 Å². The molecule has 0 heterocycles. The van der Waals surface area contributed by atoms with Crippen molar-refractivity contribution in [3.05, 3.63) is 154 Å². The van der Waals surface area contributed by atoms with Crippen LogP contribution in [0.4, 0.5) is 0 Å². The third-order valence-corrected chi connectivity index (χ3v) is 7.56. The zero-order valence-corrected chi connectivity index (χ0v) is 19.1. The van der Waals surface area contributed by atoms with E-state index in [-0.39, 0.29) is 0 Å². The summed E-state index contributed by atoms with van der Waals surface area (Å²) in [5.74, 6) is 0. The van der Waals surface area contributed by atoms with Crippen molar-refractivity contribution < 1.29 is 0 Å². The van der Waals surface area contributed by atoms with Crippen molar-refractivity contribution in [2.75, 3.05) is 0 Å². The van der Waals surface area contributed by atoms with Crippen LogP contribution < -0.4 is 0 Å². The summed E-state index contributed by atoms with van der Waals surface area (Å²) in [6, 6.07) is 43.5. The van der Waals surface area contributed by atoms with Crippen LogP contribution in [0.1, 0.15) is 38.9 Å². The molecule has 0 unspecified atom stereocenters. The highest BCUT2D eigenvalue weighted by molar-refractivity contribution is 5.91. The Morgan fingerprint density at radius 1 is 0.486 bits per heavy atom. The summed E-state index contributed by atoms with van der Waals surface area (Å²) < 4.78 is 0. The molecule has 0 N–H and O–H groups in total. The van der Waals surface area contributed by atoms with E-state index in [0.29, 0.717) is 5.56 Å². The SMILES string of the molecule is N#Cc1ccc(-c2ccc3c(c2)C2(c4ccccc4C=C3)c3ccccc3-c3ccccc32)cc1. The van der Waals surface area contributed by atoms with Crippen LogP contribution in [0.25, 0.3) is 34.4 Å². The van der Waals surface area contributed by atoms with E-state index in [1.54, 1.807) is 0 Å². The van der Waals surface area contributed by atoms with Crippen molar-refractivity contribution in [2.24, 2.45) is 0 Å². The molecule has 0 aliphatic heterocycles. The second kappa shape index (κ2) is 7.42. The summed E-state index contributed by atoms with van der Waals surface area (Å²) in [7, 11) is 0. The first kappa shape index (κ1) is 19.8. The van der Waals surface area contributed by atoms with Crippen LogP contribution in [0.3, 0.4) is 0 Å². The molecule has 0 saturated carbocycles. The highest BCUT2D eigenvalue weighted by atomic mass is 14.5. The number of benzene rings is 5. The molecule has 7 rings (SSSR count). The average molecular weight is 444 g/mol. The minimum Gasteiger partial charge on any atom is -0.192 e. The van der Waals surface area contributed by atoms with Gasteiger partial charge in [0.1, 0.15) is 0 Å². The van der Waals surface area contributed by atoms with Gasteiger partial charge in [0.05, 0.1) is 17.0 Å². The predicted octanol–water partition coefficient (Wildman–Crippen LogP) is 8.07. The first-order valence-electron chi connectivity index (χ1n) is 11.9. The average Bonchev–Trinajstić information content (AvgIpc) is 3.14. The Morgan fingerprint density at radius 3 is 1.69 bits per heavy atom. The number of fused-ring (bicyclic) bond motifs is 9. The number of hydrogen-bond donors (Lipinski definition) is 0. The maximum atomic E-state index is 9.25. The lowest BCUT2D eigenvalue weighted by Crippen LogP contribution is -2.30. The molecule has 1 nitrogen and oxygen atoms in total. The van der Waals surface area contributed by atoms with E-state index in [4.69, 9.17) is 0 Å². The van der Waals surface area contributed by atoms with Gasteiger partial charge in [-0.15, -0.1) is 0 Å². The van der Waals surface area contributed by atoms with E-state index in [1.807, 2.05) is 24.3 Å². The Bertz CT molecular complexity index is 1650. The molecule has 0 radical (unpaired) electrons. The van der Waals surface area contributed by atoms with Gasteiger partial charge in [-0.05, 0) is 73.8 Å². The van der Waals surface area contributed by atoms with Gasteiger partial charge in [-0.25, -0.2) is 0 Å². The molecule has 5 aromatic rings. The largest absolute Gasteiger partial charge is 0.192 e. The molecule has 1 spiro atoms. The third kappa shape index (κ3) is 2.68. The molecular formula is C34H21N. The topological polar surface area (TPSA) is 23.8 Å². The Hall–Kier alpha value is -4.67.